The molecular weight excluding hydrogens is 196 g/mol. The number of benzene rings is 1. The van der Waals surface area contributed by atoms with Crippen LogP contribution in [0.15, 0.2) is 29.3 Å². The maximum absolute atomic E-state index is 5.81. The second kappa shape index (κ2) is 7.04. The number of aliphatic imine (C=N–C) groups is 1. The molecule has 1 aromatic rings. The van der Waals surface area contributed by atoms with Crippen LogP contribution < -0.4 is 5.73 Å². The summed E-state index contributed by atoms with van der Waals surface area (Å²) in [6, 6.07) is 8.59. The molecule has 0 heterocycles. The summed E-state index contributed by atoms with van der Waals surface area (Å²) in [6.07, 6.45) is 4.30. The van der Waals surface area contributed by atoms with Crippen LogP contribution in [-0.4, -0.2) is 5.84 Å². The van der Waals surface area contributed by atoms with Gasteiger partial charge in [-0.15, -0.1) is 0 Å². The van der Waals surface area contributed by atoms with Crippen molar-refractivity contribution >= 4 is 5.84 Å². The number of aryl methyl sites for hydroxylation is 1. The molecule has 0 aliphatic heterocycles. The van der Waals surface area contributed by atoms with Crippen molar-refractivity contribution in [3.8, 4) is 0 Å². The summed E-state index contributed by atoms with van der Waals surface area (Å²) in [7, 11) is 0. The van der Waals surface area contributed by atoms with E-state index in [2.05, 4.69) is 43.1 Å². The summed E-state index contributed by atoms with van der Waals surface area (Å²) in [5.74, 6) is 0.779. The van der Waals surface area contributed by atoms with Gasteiger partial charge in [-0.2, -0.15) is 0 Å². The van der Waals surface area contributed by atoms with E-state index in [9.17, 15) is 0 Å². The molecule has 0 fully saturated rings. The predicted octanol–water partition coefficient (Wildman–Crippen LogP) is 3.30. The van der Waals surface area contributed by atoms with Crippen LogP contribution in [0.4, 0.5) is 0 Å². The average Bonchev–Trinajstić information content (AvgIpc) is 2.34. The summed E-state index contributed by atoms with van der Waals surface area (Å²) < 4.78 is 0. The van der Waals surface area contributed by atoms with E-state index >= 15 is 0 Å². The number of hydrogen-bond acceptors (Lipinski definition) is 1. The van der Waals surface area contributed by atoms with Gasteiger partial charge in [0.1, 0.15) is 0 Å². The second-order valence-corrected chi connectivity index (χ2v) is 4.08. The minimum Gasteiger partial charge on any atom is -0.387 e. The van der Waals surface area contributed by atoms with E-state index in [1.807, 2.05) is 0 Å². The number of nitrogens with zero attached hydrogens (tertiary/aromatic N) is 1. The minimum absolute atomic E-state index is 0.708. The van der Waals surface area contributed by atoms with Crippen molar-refractivity contribution in [2.45, 2.75) is 46.1 Å². The van der Waals surface area contributed by atoms with Gasteiger partial charge in [0, 0.05) is 6.42 Å². The third kappa shape index (κ3) is 4.47. The number of hydrogen-bond donors (Lipinski definition) is 1. The molecule has 0 spiro atoms. The molecular formula is C14H22N2. The van der Waals surface area contributed by atoms with E-state index in [0.29, 0.717) is 6.54 Å². The quantitative estimate of drug-likeness (QED) is 0.577. The van der Waals surface area contributed by atoms with Crippen LogP contribution in [0.25, 0.3) is 0 Å². The van der Waals surface area contributed by atoms with Gasteiger partial charge in [0.15, 0.2) is 0 Å². The summed E-state index contributed by atoms with van der Waals surface area (Å²) in [6.45, 7) is 5.03. The number of nitrogens with two attached hydrogens (primary N) is 1. The monoisotopic (exact) mass is 218 g/mol. The van der Waals surface area contributed by atoms with Gasteiger partial charge in [0.05, 0.1) is 12.4 Å². The van der Waals surface area contributed by atoms with Crippen LogP contribution in [0.1, 0.15) is 44.2 Å². The van der Waals surface area contributed by atoms with Crippen LogP contribution in [0, 0.1) is 0 Å². The van der Waals surface area contributed by atoms with Crippen molar-refractivity contribution in [2.75, 3.05) is 0 Å². The fourth-order valence-corrected chi connectivity index (χ4v) is 1.51. The molecule has 0 atom stereocenters. The Kier molecular flexibility index (Phi) is 5.62. The highest BCUT2D eigenvalue weighted by Gasteiger charge is 1.94. The van der Waals surface area contributed by atoms with Crippen molar-refractivity contribution in [1.29, 1.82) is 0 Å². The molecule has 0 unspecified atom stereocenters. The van der Waals surface area contributed by atoms with Gasteiger partial charge in [0.2, 0.25) is 0 Å². The molecule has 0 saturated carbocycles. The summed E-state index contributed by atoms with van der Waals surface area (Å²) in [4.78, 5) is 4.38. The van der Waals surface area contributed by atoms with Crippen molar-refractivity contribution in [1.82, 2.24) is 0 Å². The third-order valence-corrected chi connectivity index (χ3v) is 2.68. The lowest BCUT2D eigenvalue weighted by Crippen LogP contribution is -2.11. The van der Waals surface area contributed by atoms with E-state index < -0.39 is 0 Å². The number of amidine groups is 1. The molecule has 88 valence electrons. The SMILES string of the molecule is CCCCC(N)=NCc1ccc(CC)cc1. The Morgan fingerprint density at radius 2 is 1.75 bits per heavy atom. The first-order valence-corrected chi connectivity index (χ1v) is 6.12. The van der Waals surface area contributed by atoms with Crippen LogP contribution in [0.3, 0.4) is 0 Å². The largest absolute Gasteiger partial charge is 0.387 e. The van der Waals surface area contributed by atoms with Crippen molar-refractivity contribution in [2.24, 2.45) is 10.7 Å². The molecule has 2 nitrogen and oxygen atoms in total. The van der Waals surface area contributed by atoms with Gasteiger partial charge in [-0.1, -0.05) is 44.5 Å². The zero-order valence-corrected chi connectivity index (χ0v) is 10.4. The maximum Gasteiger partial charge on any atom is 0.0941 e. The van der Waals surface area contributed by atoms with Crippen LogP contribution in [-0.2, 0) is 13.0 Å². The highest BCUT2D eigenvalue weighted by molar-refractivity contribution is 5.80. The van der Waals surface area contributed by atoms with Crippen LogP contribution in [0.5, 0.6) is 0 Å². The van der Waals surface area contributed by atoms with E-state index in [-0.39, 0.29) is 0 Å². The summed E-state index contributed by atoms with van der Waals surface area (Å²) in [5.41, 5.74) is 8.41. The molecule has 0 bridgehead atoms. The van der Waals surface area contributed by atoms with Crippen LogP contribution in [0.2, 0.25) is 0 Å². The van der Waals surface area contributed by atoms with Crippen molar-refractivity contribution < 1.29 is 0 Å². The number of unbranched alkanes of at least 4 members (excludes halogenated alkanes) is 1. The second-order valence-electron chi connectivity index (χ2n) is 4.08. The first kappa shape index (κ1) is 12.8. The molecule has 0 aliphatic rings. The Balaban J connectivity index is 2.46. The maximum atomic E-state index is 5.81. The molecule has 1 aromatic carbocycles. The molecule has 16 heavy (non-hydrogen) atoms. The van der Waals surface area contributed by atoms with Gasteiger partial charge >= 0.3 is 0 Å². The molecule has 0 saturated heterocycles. The molecule has 0 amide bonds. The third-order valence-electron chi connectivity index (χ3n) is 2.68. The van der Waals surface area contributed by atoms with Gasteiger partial charge < -0.3 is 5.73 Å². The van der Waals surface area contributed by atoms with Crippen molar-refractivity contribution in [3.05, 3.63) is 35.4 Å². The van der Waals surface area contributed by atoms with E-state index in [1.54, 1.807) is 0 Å². The average molecular weight is 218 g/mol. The molecule has 0 aromatic heterocycles. The minimum atomic E-state index is 0.708. The molecule has 2 heteroatoms. The summed E-state index contributed by atoms with van der Waals surface area (Å²) >= 11 is 0. The van der Waals surface area contributed by atoms with E-state index in [1.165, 1.54) is 17.5 Å². The van der Waals surface area contributed by atoms with Crippen molar-refractivity contribution in [3.63, 3.8) is 0 Å². The molecule has 0 aliphatic carbocycles. The van der Waals surface area contributed by atoms with E-state index in [0.717, 1.165) is 25.1 Å². The smallest absolute Gasteiger partial charge is 0.0941 e. The zero-order chi connectivity index (χ0) is 11.8. The summed E-state index contributed by atoms with van der Waals surface area (Å²) in [5, 5.41) is 0. The Morgan fingerprint density at radius 1 is 1.12 bits per heavy atom. The Labute approximate surface area is 98.6 Å². The van der Waals surface area contributed by atoms with Gasteiger partial charge in [-0.3, -0.25) is 4.99 Å². The molecule has 2 N–H and O–H groups in total. The van der Waals surface area contributed by atoms with Gasteiger partial charge in [-0.05, 0) is 24.0 Å². The van der Waals surface area contributed by atoms with Crippen LogP contribution >= 0.6 is 0 Å². The topological polar surface area (TPSA) is 38.4 Å². The Bertz CT molecular complexity index is 325. The lowest BCUT2D eigenvalue weighted by atomic mass is 10.1. The molecule has 0 radical (unpaired) electrons. The zero-order valence-electron chi connectivity index (χ0n) is 10.4. The number of rotatable bonds is 6. The lowest BCUT2D eigenvalue weighted by Gasteiger charge is -2.01. The fourth-order valence-electron chi connectivity index (χ4n) is 1.51. The molecule has 1 rings (SSSR count). The first-order chi connectivity index (χ1) is 7.76. The highest BCUT2D eigenvalue weighted by Crippen LogP contribution is 2.06. The normalized spacial score (nSPS) is 11.8. The van der Waals surface area contributed by atoms with Gasteiger partial charge in [-0.25, -0.2) is 0 Å². The first-order valence-electron chi connectivity index (χ1n) is 6.12. The highest BCUT2D eigenvalue weighted by atomic mass is 14.8. The lowest BCUT2D eigenvalue weighted by molar-refractivity contribution is 0.825. The Morgan fingerprint density at radius 3 is 2.31 bits per heavy atom. The predicted molar refractivity (Wildman–Crippen MR) is 70.7 cm³/mol. The Hall–Kier alpha value is -1.31. The standard InChI is InChI=1S/C14H22N2/c1-3-5-6-14(15)16-11-13-9-7-12(4-2)8-10-13/h7-10H,3-6,11H2,1-2H3,(H2,15,16). The van der Waals surface area contributed by atoms with Gasteiger partial charge in [0.25, 0.3) is 0 Å². The fraction of sp³-hybridized carbons (Fsp3) is 0.500. The van der Waals surface area contributed by atoms with E-state index in [4.69, 9.17) is 5.73 Å².